The van der Waals surface area contributed by atoms with Crippen LogP contribution < -0.4 is 21.5 Å². The van der Waals surface area contributed by atoms with Crippen molar-refractivity contribution in [3.63, 3.8) is 0 Å². The van der Waals surface area contributed by atoms with E-state index in [-0.39, 0.29) is 28.8 Å². The van der Waals surface area contributed by atoms with Gasteiger partial charge < -0.3 is 26.8 Å². The highest BCUT2D eigenvalue weighted by molar-refractivity contribution is 5.77. The maximum Gasteiger partial charge on any atom is 0.222 e. The van der Waals surface area contributed by atoms with Gasteiger partial charge in [0, 0.05) is 58.1 Å². The van der Waals surface area contributed by atoms with E-state index in [9.17, 15) is 9.59 Å². The Morgan fingerprint density at radius 3 is 2.14 bits per heavy atom. The van der Waals surface area contributed by atoms with E-state index in [1.165, 1.54) is 0 Å². The first-order valence-corrected chi connectivity index (χ1v) is 7.64. The number of carbonyl (C=O) groups excluding carboxylic acids is 2. The van der Waals surface area contributed by atoms with Crippen molar-refractivity contribution >= 4 is 11.8 Å². The minimum atomic E-state index is 0. The van der Waals surface area contributed by atoms with E-state index >= 15 is 0 Å². The van der Waals surface area contributed by atoms with Crippen molar-refractivity contribution in [3.05, 3.63) is 30.6 Å². The Bertz CT molecular complexity index is 474. The Morgan fingerprint density at radius 1 is 0.955 bits per heavy atom. The van der Waals surface area contributed by atoms with Crippen LogP contribution in [0.15, 0.2) is 30.6 Å². The van der Waals surface area contributed by atoms with Crippen molar-refractivity contribution in [1.29, 1.82) is 0 Å². The van der Waals surface area contributed by atoms with Crippen molar-refractivity contribution in [3.8, 4) is 0 Å². The molecule has 2 amide bonds. The average Bonchev–Trinajstić information content (AvgIpc) is 2.52. The molecule has 0 radical (unpaired) electrons. The van der Waals surface area contributed by atoms with Crippen LogP contribution in [-0.2, 0) is 16.1 Å². The summed E-state index contributed by atoms with van der Waals surface area (Å²) in [6.45, 7) is 5.21. The van der Waals surface area contributed by atoms with Crippen LogP contribution >= 0.6 is 0 Å². The molecule has 22 heavy (non-hydrogen) atoms. The quantitative estimate of drug-likeness (QED) is 0.438. The van der Waals surface area contributed by atoms with E-state index in [4.69, 9.17) is 0 Å². The third-order valence-corrected chi connectivity index (χ3v) is 3.91. The van der Waals surface area contributed by atoms with Gasteiger partial charge in [0.25, 0.3) is 0 Å². The molecular weight excluding hydrogens is 346 g/mol. The van der Waals surface area contributed by atoms with Crippen LogP contribution in [-0.4, -0.2) is 47.8 Å². The Morgan fingerprint density at radius 2 is 1.55 bits per heavy atom. The normalized spacial score (nSPS) is 14.4. The van der Waals surface area contributed by atoms with Crippen LogP contribution in [0.1, 0.15) is 26.2 Å². The van der Waals surface area contributed by atoms with Crippen LogP contribution in [0.2, 0.25) is 0 Å². The number of hydrogen-bond acceptors (Lipinski definition) is 2. The Balaban J connectivity index is 0.00000242. The number of aromatic nitrogens is 1. The number of amides is 2. The summed E-state index contributed by atoms with van der Waals surface area (Å²) in [6, 6.07) is 6.03. The second-order valence-electron chi connectivity index (χ2n) is 5.46. The maximum absolute atomic E-state index is 12.1. The number of halogens is 1. The van der Waals surface area contributed by atoms with E-state index in [1.54, 1.807) is 11.8 Å². The molecule has 1 aliphatic heterocycles. The molecule has 2 rings (SSSR count). The highest BCUT2D eigenvalue weighted by Crippen LogP contribution is 2.06. The molecule has 0 atom stereocenters. The molecule has 0 bridgehead atoms. The highest BCUT2D eigenvalue weighted by Gasteiger charge is 2.21. The number of unbranched alkanes of at least 4 members (excludes halogenated alkanes) is 1. The molecular formula is C16H24BrN3O2. The summed E-state index contributed by atoms with van der Waals surface area (Å²) < 4.78 is 2.14. The number of hydrogen-bond donors (Lipinski definition) is 0. The van der Waals surface area contributed by atoms with Crippen molar-refractivity contribution in [1.82, 2.24) is 9.80 Å². The number of carbonyl (C=O) groups is 2. The van der Waals surface area contributed by atoms with Gasteiger partial charge in [0.15, 0.2) is 12.4 Å². The fourth-order valence-corrected chi connectivity index (χ4v) is 2.58. The monoisotopic (exact) mass is 369 g/mol. The lowest BCUT2D eigenvalue weighted by atomic mass is 10.2. The van der Waals surface area contributed by atoms with Crippen molar-refractivity contribution in [2.45, 2.75) is 32.7 Å². The molecule has 0 unspecified atom stereocenters. The van der Waals surface area contributed by atoms with Crippen molar-refractivity contribution in [2.75, 3.05) is 26.2 Å². The molecule has 0 N–H and O–H groups in total. The molecule has 1 aromatic rings. The smallest absolute Gasteiger partial charge is 0.222 e. The van der Waals surface area contributed by atoms with Gasteiger partial charge in [0.2, 0.25) is 11.8 Å². The lowest BCUT2D eigenvalue weighted by Gasteiger charge is -2.34. The third kappa shape index (κ3) is 5.75. The molecule has 2 heterocycles. The highest BCUT2D eigenvalue weighted by atomic mass is 79.9. The first-order chi connectivity index (χ1) is 10.2. The van der Waals surface area contributed by atoms with Gasteiger partial charge >= 0.3 is 0 Å². The van der Waals surface area contributed by atoms with Crippen LogP contribution in [0.4, 0.5) is 0 Å². The fraction of sp³-hybridized carbons (Fsp3) is 0.562. The molecule has 0 spiro atoms. The van der Waals surface area contributed by atoms with Crippen molar-refractivity contribution < 1.29 is 31.1 Å². The average molecular weight is 370 g/mol. The van der Waals surface area contributed by atoms with Crippen molar-refractivity contribution in [2.24, 2.45) is 0 Å². The molecule has 1 aromatic heterocycles. The Hall–Kier alpha value is -1.43. The summed E-state index contributed by atoms with van der Waals surface area (Å²) in [6.07, 6.45) is 6.61. The standard InChI is InChI=1S/C16H24N3O2.BrH/c1-15(20)18-11-13-19(14-12-18)16(21)7-3-6-10-17-8-4-2-5-9-17;/h2,4-5,8-9H,3,6-7,10-14H2,1H3;1H/q+1;/p-1. The molecule has 0 aromatic carbocycles. The Kier molecular flexibility index (Phi) is 8.09. The van der Waals surface area contributed by atoms with Crippen LogP contribution in [0.5, 0.6) is 0 Å². The zero-order valence-electron chi connectivity index (χ0n) is 13.1. The number of piperazine rings is 1. The predicted octanol–water partition coefficient (Wildman–Crippen LogP) is -2.16. The summed E-state index contributed by atoms with van der Waals surface area (Å²) in [5.41, 5.74) is 0. The second-order valence-corrected chi connectivity index (χ2v) is 5.46. The third-order valence-electron chi connectivity index (χ3n) is 3.91. The molecule has 0 saturated carbocycles. The van der Waals surface area contributed by atoms with Crippen LogP contribution in [0, 0.1) is 0 Å². The lowest BCUT2D eigenvalue weighted by Crippen LogP contribution is -3.00. The van der Waals surface area contributed by atoms with Gasteiger partial charge in [0.1, 0.15) is 6.54 Å². The molecule has 5 nitrogen and oxygen atoms in total. The van der Waals surface area contributed by atoms with E-state index in [0.29, 0.717) is 32.6 Å². The molecule has 1 aliphatic rings. The van der Waals surface area contributed by atoms with Gasteiger partial charge in [-0.1, -0.05) is 6.07 Å². The van der Waals surface area contributed by atoms with Gasteiger partial charge in [0.05, 0.1) is 0 Å². The molecule has 1 saturated heterocycles. The summed E-state index contributed by atoms with van der Waals surface area (Å²) in [4.78, 5) is 27.0. The topological polar surface area (TPSA) is 44.5 Å². The number of nitrogens with zero attached hydrogens (tertiary/aromatic N) is 3. The second kappa shape index (κ2) is 9.56. The minimum absolute atomic E-state index is 0. The van der Waals surface area contributed by atoms with E-state index < -0.39 is 0 Å². The predicted molar refractivity (Wildman–Crippen MR) is 79.3 cm³/mol. The Labute approximate surface area is 142 Å². The van der Waals surface area contributed by atoms with Gasteiger partial charge in [-0.3, -0.25) is 9.59 Å². The minimum Gasteiger partial charge on any atom is -1.00 e. The number of rotatable bonds is 5. The zero-order valence-corrected chi connectivity index (χ0v) is 14.7. The summed E-state index contributed by atoms with van der Waals surface area (Å²) in [7, 11) is 0. The summed E-state index contributed by atoms with van der Waals surface area (Å²) >= 11 is 0. The maximum atomic E-state index is 12.1. The van der Waals surface area contributed by atoms with Crippen LogP contribution in [0.25, 0.3) is 0 Å². The molecule has 6 heteroatoms. The van der Waals surface area contributed by atoms with Gasteiger partial charge in [-0.15, -0.1) is 0 Å². The largest absolute Gasteiger partial charge is 1.00 e. The van der Waals surface area contributed by atoms with Gasteiger partial charge in [-0.25, -0.2) is 4.57 Å². The first kappa shape index (κ1) is 18.6. The number of pyridine rings is 1. The SMILES string of the molecule is CC(=O)N1CCN(C(=O)CCCC[n+]2ccccc2)CC1.[Br-]. The zero-order chi connectivity index (χ0) is 15.1. The van der Waals surface area contributed by atoms with Gasteiger partial charge in [-0.05, 0) is 6.42 Å². The number of aryl methyl sites for hydroxylation is 1. The van der Waals surface area contributed by atoms with E-state index in [0.717, 1.165) is 19.4 Å². The van der Waals surface area contributed by atoms with Crippen LogP contribution in [0.3, 0.4) is 0 Å². The molecule has 1 fully saturated rings. The lowest BCUT2D eigenvalue weighted by molar-refractivity contribution is -0.697. The first-order valence-electron chi connectivity index (χ1n) is 7.64. The summed E-state index contributed by atoms with van der Waals surface area (Å²) in [5, 5.41) is 0. The summed E-state index contributed by atoms with van der Waals surface area (Å²) in [5.74, 6) is 0.318. The van der Waals surface area contributed by atoms with E-state index in [2.05, 4.69) is 4.57 Å². The molecule has 122 valence electrons. The fourth-order valence-electron chi connectivity index (χ4n) is 2.58. The molecule has 0 aliphatic carbocycles. The van der Waals surface area contributed by atoms with Gasteiger partial charge in [-0.2, -0.15) is 0 Å². The van der Waals surface area contributed by atoms with E-state index in [1.807, 2.05) is 35.5 Å².